The summed E-state index contributed by atoms with van der Waals surface area (Å²) in [6.07, 6.45) is 2.23. The first kappa shape index (κ1) is 22.1. The van der Waals surface area contributed by atoms with Crippen LogP contribution in [-0.2, 0) is 16.6 Å². The molecular weight excluding hydrogens is 427 g/mol. The van der Waals surface area contributed by atoms with E-state index in [0.717, 1.165) is 37.5 Å². The van der Waals surface area contributed by atoms with Crippen LogP contribution in [-0.4, -0.2) is 34.5 Å². The molecule has 0 aliphatic heterocycles. The first-order valence-electron chi connectivity index (χ1n) is 7.58. The van der Waals surface area contributed by atoms with Crippen LogP contribution in [0.25, 0.3) is 0 Å². The van der Waals surface area contributed by atoms with Crippen molar-refractivity contribution in [3.05, 3.63) is 29.8 Å². The van der Waals surface area contributed by atoms with Gasteiger partial charge >= 0.3 is 0 Å². The summed E-state index contributed by atoms with van der Waals surface area (Å²) < 4.78 is 25.6. The van der Waals surface area contributed by atoms with Crippen LogP contribution in [0.2, 0.25) is 0 Å². The average Bonchev–Trinajstić information content (AvgIpc) is 2.53. The number of hydrogen-bond acceptors (Lipinski definition) is 3. The number of nitrogens with one attached hydrogen (secondary N) is 3. The summed E-state index contributed by atoms with van der Waals surface area (Å²) in [7, 11) is -1.98. The van der Waals surface area contributed by atoms with Crippen LogP contribution in [0.15, 0.2) is 34.2 Å². The number of hydrogen-bond donors (Lipinski definition) is 3. The van der Waals surface area contributed by atoms with Crippen molar-refractivity contribution in [1.29, 1.82) is 0 Å². The Morgan fingerprint density at radius 1 is 1.13 bits per heavy atom. The van der Waals surface area contributed by atoms with Crippen molar-refractivity contribution < 1.29 is 8.42 Å². The van der Waals surface area contributed by atoms with Crippen molar-refractivity contribution in [2.24, 2.45) is 4.99 Å². The molecule has 0 spiro atoms. The van der Waals surface area contributed by atoms with Crippen molar-refractivity contribution in [1.82, 2.24) is 15.4 Å². The third kappa shape index (κ3) is 7.98. The number of benzene rings is 1. The molecule has 0 aliphatic carbocycles. The molecule has 8 heteroatoms. The van der Waals surface area contributed by atoms with Crippen LogP contribution in [0.4, 0.5) is 0 Å². The molecule has 0 aromatic heterocycles. The van der Waals surface area contributed by atoms with Crippen molar-refractivity contribution in [3.63, 3.8) is 0 Å². The lowest BCUT2D eigenvalue weighted by molar-refractivity contribution is 0.588. The van der Waals surface area contributed by atoms with E-state index in [1.165, 1.54) is 7.05 Å². The van der Waals surface area contributed by atoms with Gasteiger partial charge in [-0.3, -0.25) is 0 Å². The van der Waals surface area contributed by atoms with E-state index < -0.39 is 10.0 Å². The molecule has 0 fully saturated rings. The SMILES string of the molecule is CCCCNC(=NCc1ccc(S(=O)(=O)NC)cc1)NCC.I. The molecule has 132 valence electrons. The van der Waals surface area contributed by atoms with Crippen molar-refractivity contribution in [2.45, 2.75) is 38.1 Å². The predicted molar refractivity (Wildman–Crippen MR) is 106 cm³/mol. The van der Waals surface area contributed by atoms with Gasteiger partial charge in [-0.2, -0.15) is 0 Å². The monoisotopic (exact) mass is 454 g/mol. The number of nitrogens with zero attached hydrogens (tertiary/aromatic N) is 1. The Kier molecular flexibility index (Phi) is 11.2. The maximum absolute atomic E-state index is 11.7. The van der Waals surface area contributed by atoms with Crippen LogP contribution < -0.4 is 15.4 Å². The summed E-state index contributed by atoms with van der Waals surface area (Å²) in [4.78, 5) is 4.76. The van der Waals surface area contributed by atoms with Gasteiger partial charge < -0.3 is 10.6 Å². The summed E-state index contributed by atoms with van der Waals surface area (Å²) in [5.41, 5.74) is 0.961. The van der Waals surface area contributed by atoms with E-state index in [2.05, 4.69) is 27.3 Å². The van der Waals surface area contributed by atoms with Crippen LogP contribution >= 0.6 is 24.0 Å². The third-order valence-electron chi connectivity index (χ3n) is 3.09. The first-order chi connectivity index (χ1) is 10.5. The number of rotatable bonds is 8. The average molecular weight is 454 g/mol. The zero-order valence-corrected chi connectivity index (χ0v) is 17.1. The van der Waals surface area contributed by atoms with E-state index in [0.29, 0.717) is 6.54 Å². The molecule has 0 bridgehead atoms. The largest absolute Gasteiger partial charge is 0.357 e. The number of halogens is 1. The van der Waals surface area contributed by atoms with Crippen LogP contribution in [0.1, 0.15) is 32.3 Å². The normalized spacial score (nSPS) is 11.7. The Balaban J connectivity index is 0.00000484. The molecule has 1 aromatic rings. The molecule has 0 atom stereocenters. The molecule has 0 aliphatic rings. The molecule has 0 heterocycles. The molecule has 23 heavy (non-hydrogen) atoms. The highest BCUT2D eigenvalue weighted by atomic mass is 127. The molecule has 6 nitrogen and oxygen atoms in total. The molecule has 0 saturated carbocycles. The number of guanidine groups is 1. The van der Waals surface area contributed by atoms with Gasteiger partial charge in [0.15, 0.2) is 5.96 Å². The maximum Gasteiger partial charge on any atom is 0.240 e. The van der Waals surface area contributed by atoms with Gasteiger partial charge in [-0.1, -0.05) is 25.5 Å². The summed E-state index contributed by atoms with van der Waals surface area (Å²) in [5, 5.41) is 6.46. The van der Waals surface area contributed by atoms with E-state index in [1.807, 2.05) is 6.92 Å². The highest BCUT2D eigenvalue weighted by Gasteiger charge is 2.10. The van der Waals surface area contributed by atoms with Crippen molar-refractivity contribution in [2.75, 3.05) is 20.1 Å². The molecule has 1 rings (SSSR count). The minimum Gasteiger partial charge on any atom is -0.357 e. The van der Waals surface area contributed by atoms with Gasteiger partial charge in [-0.15, -0.1) is 24.0 Å². The fourth-order valence-electron chi connectivity index (χ4n) is 1.79. The van der Waals surface area contributed by atoms with E-state index in [-0.39, 0.29) is 28.9 Å². The summed E-state index contributed by atoms with van der Waals surface area (Å²) in [5.74, 6) is 0.780. The van der Waals surface area contributed by atoms with Gasteiger partial charge in [-0.25, -0.2) is 18.1 Å². The zero-order chi connectivity index (χ0) is 16.4. The van der Waals surface area contributed by atoms with Gasteiger partial charge in [0, 0.05) is 13.1 Å². The topological polar surface area (TPSA) is 82.6 Å². The van der Waals surface area contributed by atoms with Gasteiger partial charge in [0.2, 0.25) is 10.0 Å². The van der Waals surface area contributed by atoms with E-state index in [4.69, 9.17) is 0 Å². The van der Waals surface area contributed by atoms with Crippen molar-refractivity contribution in [3.8, 4) is 0 Å². The van der Waals surface area contributed by atoms with Crippen LogP contribution in [0, 0.1) is 0 Å². The van der Waals surface area contributed by atoms with Crippen LogP contribution in [0.5, 0.6) is 0 Å². The fraction of sp³-hybridized carbons (Fsp3) is 0.533. The summed E-state index contributed by atoms with van der Waals surface area (Å²) in [6.45, 7) is 6.36. The third-order valence-corrected chi connectivity index (χ3v) is 4.52. The number of sulfonamides is 1. The smallest absolute Gasteiger partial charge is 0.240 e. The lowest BCUT2D eigenvalue weighted by atomic mass is 10.2. The second-order valence-electron chi connectivity index (χ2n) is 4.83. The molecule has 3 N–H and O–H groups in total. The quantitative estimate of drug-likeness (QED) is 0.243. The predicted octanol–water partition coefficient (Wildman–Crippen LogP) is 2.07. The highest BCUT2D eigenvalue weighted by Crippen LogP contribution is 2.10. The minimum absolute atomic E-state index is 0. The Hall–Kier alpha value is -0.870. The Labute approximate surface area is 156 Å². The van der Waals surface area contributed by atoms with E-state index >= 15 is 0 Å². The summed E-state index contributed by atoms with van der Waals surface area (Å²) >= 11 is 0. The van der Waals surface area contributed by atoms with Gasteiger partial charge in [0.1, 0.15) is 0 Å². The molecule has 0 saturated heterocycles. The molecule has 1 aromatic carbocycles. The summed E-state index contributed by atoms with van der Waals surface area (Å²) in [6, 6.07) is 6.74. The van der Waals surface area contributed by atoms with Crippen molar-refractivity contribution >= 4 is 40.0 Å². The molecule has 0 amide bonds. The number of unbranched alkanes of at least 4 members (excludes halogenated alkanes) is 1. The molecule has 0 radical (unpaired) electrons. The standard InChI is InChI=1S/C15H26N4O2S.HI/c1-4-6-11-18-15(17-5-2)19-12-13-7-9-14(10-8-13)22(20,21)16-3;/h7-10,16H,4-6,11-12H2,1-3H3,(H2,17,18,19);1H. The Morgan fingerprint density at radius 2 is 1.78 bits per heavy atom. The maximum atomic E-state index is 11.7. The highest BCUT2D eigenvalue weighted by molar-refractivity contribution is 14.0. The van der Waals surface area contributed by atoms with Gasteiger partial charge in [-0.05, 0) is 38.1 Å². The second-order valence-corrected chi connectivity index (χ2v) is 6.71. The zero-order valence-electron chi connectivity index (χ0n) is 13.9. The lowest BCUT2D eigenvalue weighted by Gasteiger charge is -2.10. The van der Waals surface area contributed by atoms with E-state index in [1.54, 1.807) is 24.3 Å². The Bertz CT molecular complexity index is 574. The van der Waals surface area contributed by atoms with Crippen LogP contribution in [0.3, 0.4) is 0 Å². The van der Waals surface area contributed by atoms with Gasteiger partial charge in [0.05, 0.1) is 11.4 Å². The Morgan fingerprint density at radius 3 is 2.30 bits per heavy atom. The second kappa shape index (κ2) is 11.6. The molecule has 0 unspecified atom stereocenters. The van der Waals surface area contributed by atoms with E-state index in [9.17, 15) is 8.42 Å². The fourth-order valence-corrected chi connectivity index (χ4v) is 2.52. The first-order valence-corrected chi connectivity index (χ1v) is 9.06. The van der Waals surface area contributed by atoms with Gasteiger partial charge in [0.25, 0.3) is 0 Å². The lowest BCUT2D eigenvalue weighted by Crippen LogP contribution is -2.37. The number of aliphatic imine (C=N–C) groups is 1. The minimum atomic E-state index is -3.38. The molecular formula is C15H27IN4O2S.